The minimum atomic E-state index is -0.254. The number of nitrogens with one attached hydrogen (secondary N) is 2. The molecular formula is C26H33ClN6O2. The Morgan fingerprint density at radius 3 is 2.57 bits per heavy atom. The number of benzene rings is 1. The number of carbonyl (C=O) groups is 1. The van der Waals surface area contributed by atoms with Crippen LogP contribution < -0.4 is 15.5 Å². The minimum absolute atomic E-state index is 0.163. The zero-order valence-electron chi connectivity index (χ0n) is 20.5. The molecule has 5 rings (SSSR count). The molecule has 3 aliphatic heterocycles. The van der Waals surface area contributed by atoms with E-state index in [-0.39, 0.29) is 30.0 Å². The fourth-order valence-electron chi connectivity index (χ4n) is 5.55. The molecule has 0 aliphatic carbocycles. The number of hydrogen-bond donors (Lipinski definition) is 2. The molecule has 4 heterocycles. The quantitative estimate of drug-likeness (QED) is 0.623. The lowest BCUT2D eigenvalue weighted by molar-refractivity contribution is -0.133. The number of anilines is 2. The summed E-state index contributed by atoms with van der Waals surface area (Å²) in [6.07, 6.45) is 3.46. The molecule has 2 unspecified atom stereocenters. The third-order valence-corrected chi connectivity index (χ3v) is 7.44. The minimum Gasteiger partial charge on any atom is -0.471 e. The number of ether oxygens (including phenoxy) is 1. The highest BCUT2D eigenvalue weighted by atomic mass is 35.5. The number of fused-ring (bicyclic) bond motifs is 3. The van der Waals surface area contributed by atoms with Crippen molar-refractivity contribution < 1.29 is 9.53 Å². The van der Waals surface area contributed by atoms with Gasteiger partial charge in [0.05, 0.1) is 11.5 Å². The topological polar surface area (TPSA) is 82.6 Å². The van der Waals surface area contributed by atoms with Crippen molar-refractivity contribution in [3.05, 3.63) is 59.2 Å². The molecule has 2 aromatic rings. The van der Waals surface area contributed by atoms with E-state index in [0.717, 1.165) is 35.6 Å². The SMILES string of the molecule is C=C1Nc2ncnc(N3C4CCC3CN(C(=O)[C@H](CNC(C)C)c3ccc(Cl)cc3)C4)c2[C@@H](C)O1. The van der Waals surface area contributed by atoms with Crippen molar-refractivity contribution >= 4 is 29.1 Å². The lowest BCUT2D eigenvalue weighted by atomic mass is 9.96. The van der Waals surface area contributed by atoms with Crippen molar-refractivity contribution in [1.82, 2.24) is 20.2 Å². The van der Waals surface area contributed by atoms with Crippen molar-refractivity contribution in [3.8, 4) is 0 Å². The fourth-order valence-corrected chi connectivity index (χ4v) is 5.67. The van der Waals surface area contributed by atoms with E-state index in [9.17, 15) is 4.79 Å². The van der Waals surface area contributed by atoms with E-state index in [1.54, 1.807) is 6.33 Å². The summed E-state index contributed by atoms with van der Waals surface area (Å²) in [4.78, 5) is 27.4. The molecule has 1 aromatic carbocycles. The molecule has 9 heteroatoms. The summed E-state index contributed by atoms with van der Waals surface area (Å²) in [5.74, 6) is 2.06. The molecule has 3 aliphatic rings. The fraction of sp³-hybridized carbons (Fsp3) is 0.500. The summed E-state index contributed by atoms with van der Waals surface area (Å²) < 4.78 is 5.84. The molecule has 0 radical (unpaired) electrons. The van der Waals surface area contributed by atoms with Crippen LogP contribution in [0.4, 0.5) is 11.6 Å². The predicted molar refractivity (Wildman–Crippen MR) is 137 cm³/mol. The van der Waals surface area contributed by atoms with Gasteiger partial charge in [-0.05, 0) is 44.0 Å². The second-order valence-corrected chi connectivity index (χ2v) is 10.4. The van der Waals surface area contributed by atoms with Crippen molar-refractivity contribution in [3.63, 3.8) is 0 Å². The molecule has 2 bridgehead atoms. The molecule has 4 atom stereocenters. The van der Waals surface area contributed by atoms with E-state index in [0.29, 0.717) is 36.6 Å². The van der Waals surface area contributed by atoms with Gasteiger partial charge in [-0.3, -0.25) is 4.79 Å². The Balaban J connectivity index is 1.38. The molecule has 2 N–H and O–H groups in total. The summed E-state index contributed by atoms with van der Waals surface area (Å²) in [5.41, 5.74) is 1.95. The Hall–Kier alpha value is -2.84. The maximum atomic E-state index is 13.8. The molecule has 0 spiro atoms. The first-order valence-corrected chi connectivity index (χ1v) is 12.7. The van der Waals surface area contributed by atoms with E-state index in [1.165, 1.54) is 0 Å². The molecule has 186 valence electrons. The van der Waals surface area contributed by atoms with Gasteiger partial charge in [0.25, 0.3) is 0 Å². The number of carbonyl (C=O) groups excluding carboxylic acids is 1. The summed E-state index contributed by atoms with van der Waals surface area (Å²) in [5, 5.41) is 7.26. The van der Waals surface area contributed by atoms with E-state index in [1.807, 2.05) is 36.1 Å². The van der Waals surface area contributed by atoms with E-state index >= 15 is 0 Å². The van der Waals surface area contributed by atoms with Crippen LogP contribution in [0.2, 0.25) is 5.02 Å². The largest absolute Gasteiger partial charge is 0.471 e. The zero-order chi connectivity index (χ0) is 24.7. The summed E-state index contributed by atoms with van der Waals surface area (Å²) in [6.45, 7) is 12.0. The number of amides is 1. The van der Waals surface area contributed by atoms with Crippen molar-refractivity contribution in [1.29, 1.82) is 0 Å². The predicted octanol–water partition coefficient (Wildman–Crippen LogP) is 4.07. The Kier molecular flexibility index (Phi) is 6.59. The van der Waals surface area contributed by atoms with Gasteiger partial charge in [0.15, 0.2) is 5.88 Å². The Morgan fingerprint density at radius 1 is 1.23 bits per heavy atom. The second kappa shape index (κ2) is 9.66. The van der Waals surface area contributed by atoms with Gasteiger partial charge in [-0.25, -0.2) is 9.97 Å². The van der Waals surface area contributed by atoms with Gasteiger partial charge >= 0.3 is 0 Å². The number of nitrogens with zero attached hydrogens (tertiary/aromatic N) is 4. The normalized spacial score (nSPS) is 24.1. The average Bonchev–Trinajstić information content (AvgIpc) is 3.08. The lowest BCUT2D eigenvalue weighted by Gasteiger charge is -2.44. The number of aromatic nitrogens is 2. The summed E-state index contributed by atoms with van der Waals surface area (Å²) in [6, 6.07) is 8.36. The first-order chi connectivity index (χ1) is 16.8. The summed E-state index contributed by atoms with van der Waals surface area (Å²) in [7, 11) is 0. The van der Waals surface area contributed by atoms with Gasteiger partial charge < -0.3 is 25.2 Å². The van der Waals surface area contributed by atoms with Crippen LogP contribution in [0.15, 0.2) is 43.1 Å². The second-order valence-electron chi connectivity index (χ2n) is 9.97. The summed E-state index contributed by atoms with van der Waals surface area (Å²) >= 11 is 6.12. The Bertz CT molecular complexity index is 1090. The number of likely N-dealkylation sites (tertiary alicyclic amines) is 1. The third kappa shape index (κ3) is 4.69. The van der Waals surface area contributed by atoms with Gasteiger partial charge in [0, 0.05) is 42.8 Å². The van der Waals surface area contributed by atoms with Gasteiger partial charge in [0.2, 0.25) is 5.91 Å². The lowest BCUT2D eigenvalue weighted by Crippen LogP contribution is -2.57. The molecule has 2 saturated heterocycles. The van der Waals surface area contributed by atoms with Crippen LogP contribution in [0.5, 0.6) is 0 Å². The van der Waals surface area contributed by atoms with Crippen molar-refractivity contribution in [2.24, 2.45) is 0 Å². The third-order valence-electron chi connectivity index (χ3n) is 7.19. The number of piperazine rings is 1. The van der Waals surface area contributed by atoms with Crippen LogP contribution in [0.25, 0.3) is 0 Å². The number of rotatable bonds is 6. The first kappa shape index (κ1) is 23.9. The maximum Gasteiger partial charge on any atom is 0.231 e. The van der Waals surface area contributed by atoms with Gasteiger partial charge in [-0.1, -0.05) is 37.6 Å². The van der Waals surface area contributed by atoms with Crippen LogP contribution in [0, 0.1) is 0 Å². The monoisotopic (exact) mass is 496 g/mol. The molecule has 2 fully saturated rings. The Labute approximate surface area is 211 Å². The van der Waals surface area contributed by atoms with Gasteiger partial charge in [-0.2, -0.15) is 0 Å². The van der Waals surface area contributed by atoms with Crippen LogP contribution >= 0.6 is 11.6 Å². The Morgan fingerprint density at radius 2 is 1.91 bits per heavy atom. The highest BCUT2D eigenvalue weighted by Crippen LogP contribution is 2.42. The molecule has 35 heavy (non-hydrogen) atoms. The number of halogens is 1. The standard InChI is InChI=1S/C26H33ClN6O2/c1-15(2)28-11-22(18-5-7-19(27)8-6-18)26(34)32-12-20-9-10-21(13-32)33(20)25-23-16(3)35-17(4)31-24(23)29-14-30-25/h5-8,14-16,20-22,28H,4,9-13H2,1-3H3,(H,29,30,31)/t16-,20?,21?,22-/m1/s1. The van der Waals surface area contributed by atoms with Gasteiger partial charge in [-0.15, -0.1) is 0 Å². The van der Waals surface area contributed by atoms with E-state index in [4.69, 9.17) is 16.3 Å². The van der Waals surface area contributed by atoms with Crippen LogP contribution in [0.1, 0.15) is 56.8 Å². The highest BCUT2D eigenvalue weighted by molar-refractivity contribution is 6.30. The average molecular weight is 497 g/mol. The smallest absolute Gasteiger partial charge is 0.231 e. The van der Waals surface area contributed by atoms with Crippen molar-refractivity contribution in [2.45, 2.75) is 63.8 Å². The van der Waals surface area contributed by atoms with E-state index in [2.05, 4.69) is 45.9 Å². The molecule has 8 nitrogen and oxygen atoms in total. The van der Waals surface area contributed by atoms with E-state index < -0.39 is 0 Å². The molecule has 1 amide bonds. The van der Waals surface area contributed by atoms with Gasteiger partial charge in [0.1, 0.15) is 24.1 Å². The molecule has 0 saturated carbocycles. The highest BCUT2D eigenvalue weighted by Gasteiger charge is 2.45. The maximum absolute atomic E-state index is 13.8. The van der Waals surface area contributed by atoms with Crippen LogP contribution in [-0.4, -0.2) is 58.5 Å². The zero-order valence-corrected chi connectivity index (χ0v) is 21.3. The van der Waals surface area contributed by atoms with Crippen LogP contribution in [-0.2, 0) is 9.53 Å². The number of hydrogen-bond acceptors (Lipinski definition) is 7. The van der Waals surface area contributed by atoms with Crippen molar-refractivity contribution in [2.75, 3.05) is 29.9 Å². The molecule has 1 aromatic heterocycles. The van der Waals surface area contributed by atoms with Crippen LogP contribution in [0.3, 0.4) is 0 Å². The first-order valence-electron chi connectivity index (χ1n) is 12.3. The molecular weight excluding hydrogens is 464 g/mol.